The normalized spacial score (nSPS) is 14.6. The number of carbonyl (C=O) groups excluding carboxylic acids is 3. The molecule has 0 radical (unpaired) electrons. The SMILES string of the molecule is CN1C(=O)C(=O)N(Cc2ccccc2C#CCN)C1=O. The number of hydrogen-bond acceptors (Lipinski definition) is 4. The minimum Gasteiger partial charge on any atom is -0.320 e. The van der Waals surface area contributed by atoms with E-state index in [4.69, 9.17) is 5.73 Å². The van der Waals surface area contributed by atoms with Gasteiger partial charge in [-0.3, -0.25) is 19.4 Å². The summed E-state index contributed by atoms with van der Waals surface area (Å²) in [7, 11) is 1.28. The van der Waals surface area contributed by atoms with E-state index >= 15 is 0 Å². The van der Waals surface area contributed by atoms with E-state index in [0.29, 0.717) is 11.1 Å². The molecule has 2 N–H and O–H groups in total. The van der Waals surface area contributed by atoms with Gasteiger partial charge >= 0.3 is 17.8 Å². The minimum atomic E-state index is -0.820. The van der Waals surface area contributed by atoms with Gasteiger partial charge in [0.05, 0.1) is 13.1 Å². The molecule has 1 fully saturated rings. The van der Waals surface area contributed by atoms with Crippen LogP contribution in [0.5, 0.6) is 0 Å². The molecule has 0 bridgehead atoms. The Labute approximate surface area is 116 Å². The standard InChI is InChI=1S/C14H13N3O3/c1-16-12(18)13(19)17(14(16)20)9-11-6-3-2-5-10(11)7-4-8-15/h2-3,5-6H,8-9,15H2,1H3. The zero-order chi connectivity index (χ0) is 14.7. The van der Waals surface area contributed by atoms with Crippen LogP contribution < -0.4 is 5.73 Å². The van der Waals surface area contributed by atoms with Gasteiger partial charge in [0.15, 0.2) is 0 Å². The fourth-order valence-electron chi connectivity index (χ4n) is 1.85. The number of urea groups is 1. The lowest BCUT2D eigenvalue weighted by Gasteiger charge is -2.13. The van der Waals surface area contributed by atoms with E-state index in [2.05, 4.69) is 11.8 Å². The van der Waals surface area contributed by atoms with Gasteiger partial charge in [0, 0.05) is 12.6 Å². The van der Waals surface area contributed by atoms with Gasteiger partial charge in [0.1, 0.15) is 0 Å². The third kappa shape index (κ3) is 2.39. The molecule has 1 aromatic carbocycles. The highest BCUT2D eigenvalue weighted by Gasteiger charge is 2.42. The number of amides is 4. The molecule has 0 aromatic heterocycles. The van der Waals surface area contributed by atoms with E-state index in [-0.39, 0.29) is 13.1 Å². The molecular formula is C14H13N3O3. The Hall–Kier alpha value is -2.65. The zero-order valence-corrected chi connectivity index (χ0v) is 10.9. The van der Waals surface area contributed by atoms with Crippen LogP contribution in [-0.2, 0) is 16.1 Å². The molecule has 1 aliphatic rings. The van der Waals surface area contributed by atoms with Crippen molar-refractivity contribution in [1.82, 2.24) is 9.80 Å². The van der Waals surface area contributed by atoms with Crippen molar-refractivity contribution < 1.29 is 14.4 Å². The van der Waals surface area contributed by atoms with Crippen molar-refractivity contribution in [2.75, 3.05) is 13.6 Å². The molecular weight excluding hydrogens is 258 g/mol. The molecule has 0 spiro atoms. The van der Waals surface area contributed by atoms with Crippen LogP contribution in [0, 0.1) is 11.8 Å². The van der Waals surface area contributed by atoms with E-state index in [1.54, 1.807) is 24.3 Å². The van der Waals surface area contributed by atoms with E-state index in [1.807, 2.05) is 0 Å². The summed E-state index contributed by atoms with van der Waals surface area (Å²) in [5.41, 5.74) is 6.70. The molecule has 0 aliphatic carbocycles. The van der Waals surface area contributed by atoms with Gasteiger partial charge < -0.3 is 5.73 Å². The van der Waals surface area contributed by atoms with Crippen LogP contribution >= 0.6 is 0 Å². The van der Waals surface area contributed by atoms with Crippen molar-refractivity contribution in [3.8, 4) is 11.8 Å². The molecule has 4 amide bonds. The maximum atomic E-state index is 11.8. The quantitative estimate of drug-likeness (QED) is 0.463. The monoisotopic (exact) mass is 271 g/mol. The lowest BCUT2D eigenvalue weighted by Crippen LogP contribution is -2.31. The van der Waals surface area contributed by atoms with E-state index in [1.165, 1.54) is 7.05 Å². The van der Waals surface area contributed by atoms with Gasteiger partial charge in [-0.25, -0.2) is 4.79 Å². The summed E-state index contributed by atoms with van der Waals surface area (Å²) in [6, 6.07) is 6.48. The number of imide groups is 2. The summed E-state index contributed by atoms with van der Waals surface area (Å²) in [6.45, 7) is 0.236. The fourth-order valence-corrected chi connectivity index (χ4v) is 1.85. The molecule has 102 valence electrons. The Bertz CT molecular complexity index is 643. The summed E-state index contributed by atoms with van der Waals surface area (Å²) in [5.74, 6) is 3.96. The molecule has 1 aliphatic heterocycles. The predicted molar refractivity (Wildman–Crippen MR) is 71.1 cm³/mol. The summed E-state index contributed by atoms with van der Waals surface area (Å²) < 4.78 is 0. The number of hydrogen-bond donors (Lipinski definition) is 1. The van der Waals surface area contributed by atoms with Gasteiger partial charge in [-0.05, 0) is 11.6 Å². The maximum absolute atomic E-state index is 11.8. The van der Waals surface area contributed by atoms with Crippen molar-refractivity contribution in [3.05, 3.63) is 35.4 Å². The number of benzene rings is 1. The van der Waals surface area contributed by atoms with Crippen LogP contribution in [0.15, 0.2) is 24.3 Å². The van der Waals surface area contributed by atoms with Crippen LogP contribution in [-0.4, -0.2) is 41.2 Å². The van der Waals surface area contributed by atoms with Crippen molar-refractivity contribution in [3.63, 3.8) is 0 Å². The number of likely N-dealkylation sites (N-methyl/N-ethyl adjacent to an activating group) is 1. The highest BCUT2D eigenvalue weighted by atomic mass is 16.2. The third-order valence-electron chi connectivity index (χ3n) is 2.92. The van der Waals surface area contributed by atoms with E-state index < -0.39 is 17.8 Å². The summed E-state index contributed by atoms with van der Waals surface area (Å²) in [4.78, 5) is 36.7. The third-order valence-corrected chi connectivity index (χ3v) is 2.92. The van der Waals surface area contributed by atoms with Crippen LogP contribution in [0.1, 0.15) is 11.1 Å². The van der Waals surface area contributed by atoms with Crippen LogP contribution in [0.3, 0.4) is 0 Å². The molecule has 1 heterocycles. The second-order valence-corrected chi connectivity index (χ2v) is 4.20. The molecule has 20 heavy (non-hydrogen) atoms. The Morgan fingerprint density at radius 3 is 2.45 bits per heavy atom. The van der Waals surface area contributed by atoms with E-state index in [9.17, 15) is 14.4 Å². The van der Waals surface area contributed by atoms with Gasteiger partial charge in [0.2, 0.25) is 0 Å². The minimum absolute atomic E-state index is 0.0170. The molecule has 1 saturated heterocycles. The summed E-state index contributed by atoms with van der Waals surface area (Å²) in [5, 5.41) is 0. The van der Waals surface area contributed by atoms with Gasteiger partial charge in [-0.15, -0.1) is 0 Å². The first-order valence-corrected chi connectivity index (χ1v) is 5.96. The highest BCUT2D eigenvalue weighted by Crippen LogP contribution is 2.16. The second kappa shape index (κ2) is 5.55. The Morgan fingerprint density at radius 1 is 1.15 bits per heavy atom. The van der Waals surface area contributed by atoms with Crippen LogP contribution in [0.2, 0.25) is 0 Å². The topological polar surface area (TPSA) is 83.7 Å². The van der Waals surface area contributed by atoms with E-state index in [0.717, 1.165) is 9.80 Å². The summed E-state index contributed by atoms with van der Waals surface area (Å²) in [6.07, 6.45) is 0. The Morgan fingerprint density at radius 2 is 1.85 bits per heavy atom. The average Bonchev–Trinajstić information content (AvgIpc) is 2.64. The number of carbonyl (C=O) groups is 3. The first-order chi connectivity index (χ1) is 9.56. The number of rotatable bonds is 2. The van der Waals surface area contributed by atoms with Gasteiger partial charge in [-0.2, -0.15) is 0 Å². The fraction of sp³-hybridized carbons (Fsp3) is 0.214. The average molecular weight is 271 g/mol. The van der Waals surface area contributed by atoms with Crippen molar-refractivity contribution in [2.45, 2.75) is 6.54 Å². The van der Waals surface area contributed by atoms with Crippen LogP contribution in [0.25, 0.3) is 0 Å². The second-order valence-electron chi connectivity index (χ2n) is 4.20. The van der Waals surface area contributed by atoms with Crippen LogP contribution in [0.4, 0.5) is 4.79 Å². The van der Waals surface area contributed by atoms with Crippen molar-refractivity contribution >= 4 is 17.8 Å². The Kier molecular flexibility index (Phi) is 3.82. The lowest BCUT2D eigenvalue weighted by molar-refractivity contribution is -0.143. The first kappa shape index (κ1) is 13.8. The molecule has 6 nitrogen and oxygen atoms in total. The molecule has 1 aromatic rings. The van der Waals surface area contributed by atoms with Gasteiger partial charge in [-0.1, -0.05) is 30.0 Å². The molecule has 0 saturated carbocycles. The Balaban J connectivity index is 2.29. The van der Waals surface area contributed by atoms with Crippen molar-refractivity contribution in [2.24, 2.45) is 5.73 Å². The van der Waals surface area contributed by atoms with Gasteiger partial charge in [0.25, 0.3) is 0 Å². The smallest absolute Gasteiger partial charge is 0.320 e. The zero-order valence-electron chi connectivity index (χ0n) is 10.9. The summed E-state index contributed by atoms with van der Waals surface area (Å²) >= 11 is 0. The van der Waals surface area contributed by atoms with Crippen molar-refractivity contribution in [1.29, 1.82) is 0 Å². The lowest BCUT2D eigenvalue weighted by atomic mass is 10.1. The predicted octanol–water partition coefficient (Wildman–Crippen LogP) is -0.0826. The first-order valence-electron chi connectivity index (χ1n) is 5.96. The number of nitrogens with zero attached hydrogens (tertiary/aromatic N) is 2. The molecule has 6 heteroatoms. The molecule has 0 atom stereocenters. The maximum Gasteiger partial charge on any atom is 0.334 e. The highest BCUT2D eigenvalue weighted by molar-refractivity contribution is 6.44. The molecule has 0 unspecified atom stereocenters. The largest absolute Gasteiger partial charge is 0.334 e. The number of nitrogens with two attached hydrogens (primary N) is 1. The molecule has 2 rings (SSSR count).